The zero-order chi connectivity index (χ0) is 18.4. The van der Waals surface area contributed by atoms with Gasteiger partial charge < -0.3 is 50.7 Å². The molecule has 0 radical (unpaired) electrons. The van der Waals surface area contributed by atoms with Crippen LogP contribution < -0.4 is 0 Å². The Hall–Kier alpha value is -0.480. The number of rotatable bonds is 9. The van der Waals surface area contributed by atoms with Crippen molar-refractivity contribution >= 4 is 0 Å². The van der Waals surface area contributed by atoms with Crippen LogP contribution in [0, 0.1) is 0 Å². The molecule has 9 atom stereocenters. The fraction of sp³-hybridized carbons (Fsp3) is 1.00. The first-order valence-corrected chi connectivity index (χ1v) is 7.17. The summed E-state index contributed by atoms with van der Waals surface area (Å²) in [5.41, 5.74) is 0. The van der Waals surface area contributed by atoms with Gasteiger partial charge >= 0.3 is 0 Å². The molecule has 1 rings (SSSR count). The van der Waals surface area contributed by atoms with Gasteiger partial charge in [-0.25, -0.2) is 9.78 Å². The highest BCUT2D eigenvalue weighted by atomic mass is 17.2. The number of hydrogen-bond donors (Lipinski definition) is 9. The van der Waals surface area contributed by atoms with E-state index in [1.54, 1.807) is 0 Å². The summed E-state index contributed by atoms with van der Waals surface area (Å²) in [5, 5.41) is 84.3. The molecule has 12 heteroatoms. The molecule has 1 aliphatic rings. The third kappa shape index (κ3) is 5.01. The summed E-state index contributed by atoms with van der Waals surface area (Å²) in [4.78, 5) is 9.30. The van der Waals surface area contributed by atoms with E-state index in [9.17, 15) is 30.6 Å². The van der Waals surface area contributed by atoms with Gasteiger partial charge in [-0.1, -0.05) is 0 Å². The molecule has 0 spiro atoms. The summed E-state index contributed by atoms with van der Waals surface area (Å²) in [6, 6.07) is 0. The molecule has 0 aromatic carbocycles. The molecule has 0 bridgehead atoms. The Balaban J connectivity index is 2.64. The molecule has 12 nitrogen and oxygen atoms in total. The van der Waals surface area contributed by atoms with Gasteiger partial charge in [-0.15, -0.1) is 0 Å². The van der Waals surface area contributed by atoms with Crippen LogP contribution in [-0.4, -0.2) is 121 Å². The Kier molecular flexibility index (Phi) is 8.86. The van der Waals surface area contributed by atoms with Crippen LogP contribution in [-0.2, 0) is 14.5 Å². The van der Waals surface area contributed by atoms with E-state index in [1.165, 1.54) is 0 Å². The summed E-state index contributed by atoms with van der Waals surface area (Å²) < 4.78 is 4.96. The quantitative estimate of drug-likeness (QED) is 0.139. The van der Waals surface area contributed by atoms with Crippen molar-refractivity contribution in [2.24, 2.45) is 0 Å². The van der Waals surface area contributed by atoms with Crippen molar-refractivity contribution in [2.45, 2.75) is 55.1 Å². The molecule has 0 saturated carbocycles. The standard InChI is InChI=1S/C12H24O12/c13-1-4(16)7(17)9(19)6(3-15)23-24-12-11(21)10(20)8(18)5(2-14)22-12/h4-21H,1-3H2/t4-,5-,6-,7-,8-,9-,10+,11-,12-/m1/s1. The molecule has 1 saturated heterocycles. The Morgan fingerprint density at radius 2 is 1.46 bits per heavy atom. The lowest BCUT2D eigenvalue weighted by Gasteiger charge is -2.39. The second kappa shape index (κ2) is 9.86. The van der Waals surface area contributed by atoms with Crippen LogP contribution in [0.4, 0.5) is 0 Å². The molecule has 0 aliphatic carbocycles. The van der Waals surface area contributed by atoms with Gasteiger partial charge in [0.25, 0.3) is 0 Å². The zero-order valence-corrected chi connectivity index (χ0v) is 12.6. The van der Waals surface area contributed by atoms with E-state index in [4.69, 9.17) is 20.1 Å². The maximum Gasteiger partial charge on any atom is 0.220 e. The minimum Gasteiger partial charge on any atom is -0.394 e. The smallest absolute Gasteiger partial charge is 0.220 e. The monoisotopic (exact) mass is 360 g/mol. The summed E-state index contributed by atoms with van der Waals surface area (Å²) in [6.07, 6.45) is -15.1. The van der Waals surface area contributed by atoms with Crippen LogP contribution in [0.3, 0.4) is 0 Å². The number of ether oxygens (including phenoxy) is 1. The predicted octanol–water partition coefficient (Wildman–Crippen LogP) is -5.83. The highest BCUT2D eigenvalue weighted by molar-refractivity contribution is 4.88. The molecular formula is C12H24O12. The fourth-order valence-electron chi connectivity index (χ4n) is 2.02. The molecule has 144 valence electrons. The molecule has 1 fully saturated rings. The first-order valence-electron chi connectivity index (χ1n) is 7.17. The van der Waals surface area contributed by atoms with Crippen LogP contribution in [0.2, 0.25) is 0 Å². The molecule has 1 aliphatic heterocycles. The average molecular weight is 360 g/mol. The minimum absolute atomic E-state index is 0.696. The molecule has 9 N–H and O–H groups in total. The number of hydrogen-bond acceptors (Lipinski definition) is 12. The van der Waals surface area contributed by atoms with Gasteiger partial charge in [0, 0.05) is 0 Å². The van der Waals surface area contributed by atoms with Crippen molar-refractivity contribution in [1.82, 2.24) is 0 Å². The van der Waals surface area contributed by atoms with Gasteiger partial charge in [0.1, 0.15) is 48.8 Å². The Bertz CT molecular complexity index is 355. The van der Waals surface area contributed by atoms with Crippen LogP contribution in [0.1, 0.15) is 0 Å². The average Bonchev–Trinajstić information content (AvgIpc) is 2.60. The van der Waals surface area contributed by atoms with Crippen LogP contribution in [0.5, 0.6) is 0 Å². The molecular weight excluding hydrogens is 336 g/mol. The van der Waals surface area contributed by atoms with Crippen molar-refractivity contribution < 1.29 is 60.5 Å². The third-order valence-electron chi connectivity index (χ3n) is 3.61. The summed E-state index contributed by atoms with van der Waals surface area (Å²) >= 11 is 0. The van der Waals surface area contributed by atoms with Crippen LogP contribution >= 0.6 is 0 Å². The largest absolute Gasteiger partial charge is 0.394 e. The van der Waals surface area contributed by atoms with Gasteiger partial charge in [0.15, 0.2) is 0 Å². The fourth-order valence-corrected chi connectivity index (χ4v) is 2.02. The summed E-state index contributed by atoms with van der Waals surface area (Å²) in [6.45, 7) is -2.43. The second-order valence-electron chi connectivity index (χ2n) is 5.34. The predicted molar refractivity (Wildman–Crippen MR) is 71.9 cm³/mol. The van der Waals surface area contributed by atoms with Crippen LogP contribution in [0.15, 0.2) is 0 Å². The van der Waals surface area contributed by atoms with E-state index in [-0.39, 0.29) is 0 Å². The molecule has 0 aromatic heterocycles. The van der Waals surface area contributed by atoms with E-state index in [2.05, 4.69) is 9.78 Å². The molecule has 0 unspecified atom stereocenters. The van der Waals surface area contributed by atoms with Crippen molar-refractivity contribution in [1.29, 1.82) is 0 Å². The second-order valence-corrected chi connectivity index (χ2v) is 5.34. The zero-order valence-electron chi connectivity index (χ0n) is 12.6. The van der Waals surface area contributed by atoms with Crippen molar-refractivity contribution in [3.05, 3.63) is 0 Å². The van der Waals surface area contributed by atoms with Gasteiger partial charge in [-0.2, -0.15) is 0 Å². The number of aliphatic hydroxyl groups is 9. The van der Waals surface area contributed by atoms with Gasteiger partial charge in [-0.05, 0) is 0 Å². The summed E-state index contributed by atoms with van der Waals surface area (Å²) in [5.74, 6) is 0. The van der Waals surface area contributed by atoms with E-state index in [0.29, 0.717) is 0 Å². The van der Waals surface area contributed by atoms with Gasteiger partial charge in [-0.3, -0.25) is 0 Å². The van der Waals surface area contributed by atoms with Gasteiger partial charge in [0.05, 0.1) is 19.8 Å². The van der Waals surface area contributed by atoms with Crippen molar-refractivity contribution in [3.8, 4) is 0 Å². The van der Waals surface area contributed by atoms with Crippen molar-refractivity contribution in [2.75, 3.05) is 19.8 Å². The Labute approximate surface area is 136 Å². The lowest BCUT2D eigenvalue weighted by Crippen LogP contribution is -2.59. The highest BCUT2D eigenvalue weighted by Crippen LogP contribution is 2.23. The van der Waals surface area contributed by atoms with Crippen LogP contribution in [0.25, 0.3) is 0 Å². The SMILES string of the molecule is OC[C@@H](O)[C@@H](O)[C@H](O)[C@@H](CO)OO[C@H]1O[C@H](CO)[C@@H](O)[C@H](O)[C@H]1O. The highest BCUT2D eigenvalue weighted by Gasteiger charge is 2.45. The first-order chi connectivity index (χ1) is 11.3. The van der Waals surface area contributed by atoms with Crippen molar-refractivity contribution in [3.63, 3.8) is 0 Å². The van der Waals surface area contributed by atoms with E-state index < -0.39 is 74.9 Å². The first kappa shape index (κ1) is 21.6. The van der Waals surface area contributed by atoms with E-state index in [0.717, 1.165) is 0 Å². The third-order valence-corrected chi connectivity index (χ3v) is 3.61. The van der Waals surface area contributed by atoms with Gasteiger partial charge in [0.2, 0.25) is 6.29 Å². The lowest BCUT2D eigenvalue weighted by atomic mass is 9.99. The van der Waals surface area contributed by atoms with E-state index >= 15 is 0 Å². The Morgan fingerprint density at radius 1 is 0.833 bits per heavy atom. The van der Waals surface area contributed by atoms with E-state index in [1.807, 2.05) is 0 Å². The molecule has 0 amide bonds. The number of aliphatic hydroxyl groups excluding tert-OH is 9. The maximum absolute atomic E-state index is 9.75. The molecule has 1 heterocycles. The maximum atomic E-state index is 9.75. The normalized spacial score (nSPS) is 36.1. The molecule has 24 heavy (non-hydrogen) atoms. The Morgan fingerprint density at radius 3 is 1.96 bits per heavy atom. The summed E-state index contributed by atoms with van der Waals surface area (Å²) in [7, 11) is 0. The molecule has 0 aromatic rings. The topological polar surface area (TPSA) is 210 Å². The minimum atomic E-state index is -1.87. The lowest BCUT2D eigenvalue weighted by molar-refractivity contribution is -0.448.